The molecule has 1 aliphatic rings. The highest BCUT2D eigenvalue weighted by molar-refractivity contribution is 7.92. The van der Waals surface area contributed by atoms with E-state index in [1.54, 1.807) is 42.5 Å². The van der Waals surface area contributed by atoms with E-state index in [9.17, 15) is 8.42 Å². The number of para-hydroxylation sites is 2. The zero-order valence-electron chi connectivity index (χ0n) is 11.1. The van der Waals surface area contributed by atoms with Gasteiger partial charge in [-0.05, 0) is 31.2 Å². The van der Waals surface area contributed by atoms with Crippen LogP contribution in [0.2, 0.25) is 0 Å². The van der Waals surface area contributed by atoms with Gasteiger partial charge in [0.1, 0.15) is 12.4 Å². The van der Waals surface area contributed by atoms with Crippen LogP contribution in [0.15, 0.2) is 59.5 Å². The smallest absolute Gasteiger partial charge is 0.264 e. The Morgan fingerprint density at radius 3 is 2.45 bits per heavy atom. The third-order valence-electron chi connectivity index (χ3n) is 3.28. The Hall–Kier alpha value is -2.01. The number of sulfonamides is 1. The maximum absolute atomic E-state index is 12.8. The minimum atomic E-state index is -3.57. The summed E-state index contributed by atoms with van der Waals surface area (Å²) in [6.45, 7) is 2.19. The third kappa shape index (κ3) is 2.04. The van der Waals surface area contributed by atoms with Crippen LogP contribution in [0.1, 0.15) is 6.92 Å². The topological polar surface area (TPSA) is 46.6 Å². The first-order valence-electron chi connectivity index (χ1n) is 6.42. The van der Waals surface area contributed by atoms with Crippen LogP contribution in [0.3, 0.4) is 0 Å². The molecule has 104 valence electrons. The summed E-state index contributed by atoms with van der Waals surface area (Å²) in [6, 6.07) is 15.4. The van der Waals surface area contributed by atoms with Crippen LogP contribution in [-0.4, -0.2) is 21.1 Å². The molecule has 1 aliphatic heterocycles. The van der Waals surface area contributed by atoms with E-state index in [4.69, 9.17) is 4.74 Å². The van der Waals surface area contributed by atoms with Gasteiger partial charge in [-0.2, -0.15) is 0 Å². The molecule has 1 atom stereocenters. The summed E-state index contributed by atoms with van der Waals surface area (Å²) in [5, 5.41) is 0. The van der Waals surface area contributed by atoms with Gasteiger partial charge in [0.15, 0.2) is 0 Å². The Morgan fingerprint density at radius 2 is 1.70 bits per heavy atom. The van der Waals surface area contributed by atoms with Crippen LogP contribution in [0.5, 0.6) is 5.75 Å². The summed E-state index contributed by atoms with van der Waals surface area (Å²) in [4.78, 5) is 0.295. The fourth-order valence-corrected chi connectivity index (χ4v) is 4.02. The minimum absolute atomic E-state index is 0.241. The van der Waals surface area contributed by atoms with E-state index in [-0.39, 0.29) is 6.04 Å². The van der Waals surface area contributed by atoms with Crippen molar-refractivity contribution in [3.05, 3.63) is 54.6 Å². The summed E-state index contributed by atoms with van der Waals surface area (Å²) in [5.74, 6) is 0.602. The van der Waals surface area contributed by atoms with Gasteiger partial charge in [-0.25, -0.2) is 8.42 Å². The summed E-state index contributed by atoms with van der Waals surface area (Å²) in [6.07, 6.45) is 0. The summed E-state index contributed by atoms with van der Waals surface area (Å²) in [5.41, 5.74) is 0.593. The van der Waals surface area contributed by atoms with Crippen LogP contribution in [0.25, 0.3) is 0 Å². The zero-order chi connectivity index (χ0) is 14.2. The normalized spacial score (nSPS) is 18.2. The summed E-state index contributed by atoms with van der Waals surface area (Å²) >= 11 is 0. The van der Waals surface area contributed by atoms with Crippen molar-refractivity contribution in [3.63, 3.8) is 0 Å². The van der Waals surface area contributed by atoms with Crippen molar-refractivity contribution in [2.75, 3.05) is 10.9 Å². The molecular weight excluding hydrogens is 274 g/mol. The van der Waals surface area contributed by atoms with Crippen LogP contribution in [0, 0.1) is 0 Å². The van der Waals surface area contributed by atoms with Crippen molar-refractivity contribution in [3.8, 4) is 5.75 Å². The molecule has 4 nitrogen and oxygen atoms in total. The molecule has 0 N–H and O–H groups in total. The highest BCUT2D eigenvalue weighted by atomic mass is 32.2. The predicted molar refractivity (Wildman–Crippen MR) is 77.5 cm³/mol. The molecule has 2 aromatic rings. The van der Waals surface area contributed by atoms with E-state index >= 15 is 0 Å². The number of hydrogen-bond donors (Lipinski definition) is 0. The number of anilines is 1. The number of rotatable bonds is 2. The van der Waals surface area contributed by atoms with Crippen LogP contribution >= 0.6 is 0 Å². The molecule has 0 bridgehead atoms. The highest BCUT2D eigenvalue weighted by Crippen LogP contribution is 2.37. The Balaban J connectivity index is 2.14. The van der Waals surface area contributed by atoms with Crippen molar-refractivity contribution in [1.29, 1.82) is 0 Å². The molecule has 3 rings (SSSR count). The van der Waals surface area contributed by atoms with Gasteiger partial charge in [-0.3, -0.25) is 4.31 Å². The summed E-state index contributed by atoms with van der Waals surface area (Å²) in [7, 11) is -3.57. The van der Waals surface area contributed by atoms with E-state index in [1.807, 2.05) is 19.1 Å². The Morgan fingerprint density at radius 1 is 1.05 bits per heavy atom. The molecule has 20 heavy (non-hydrogen) atoms. The molecular formula is C15H15NO3S. The molecule has 1 heterocycles. The van der Waals surface area contributed by atoms with E-state index in [0.29, 0.717) is 22.9 Å². The predicted octanol–water partition coefficient (Wildman–Crippen LogP) is 2.66. The molecule has 0 spiro atoms. The Kier molecular flexibility index (Phi) is 3.14. The van der Waals surface area contributed by atoms with E-state index in [0.717, 1.165) is 0 Å². The van der Waals surface area contributed by atoms with Crippen molar-refractivity contribution in [1.82, 2.24) is 0 Å². The lowest BCUT2D eigenvalue weighted by atomic mass is 10.2. The van der Waals surface area contributed by atoms with Crippen LogP contribution in [-0.2, 0) is 10.0 Å². The zero-order valence-corrected chi connectivity index (χ0v) is 11.9. The Labute approximate surface area is 118 Å². The van der Waals surface area contributed by atoms with E-state index in [1.165, 1.54) is 4.31 Å². The van der Waals surface area contributed by atoms with Gasteiger partial charge in [0.2, 0.25) is 0 Å². The lowest BCUT2D eigenvalue weighted by molar-refractivity contribution is 0.281. The molecule has 5 heteroatoms. The van der Waals surface area contributed by atoms with Gasteiger partial charge >= 0.3 is 0 Å². The summed E-state index contributed by atoms with van der Waals surface area (Å²) < 4.78 is 32.7. The van der Waals surface area contributed by atoms with Gasteiger partial charge in [0.05, 0.1) is 16.6 Å². The second-order valence-corrected chi connectivity index (χ2v) is 6.56. The molecule has 0 radical (unpaired) electrons. The van der Waals surface area contributed by atoms with E-state index in [2.05, 4.69) is 0 Å². The first-order chi connectivity index (χ1) is 9.60. The number of hydrogen-bond acceptors (Lipinski definition) is 3. The second kappa shape index (κ2) is 4.83. The molecule has 0 aromatic heterocycles. The van der Waals surface area contributed by atoms with Crippen molar-refractivity contribution >= 4 is 15.7 Å². The maximum atomic E-state index is 12.8. The Bertz CT molecular complexity index is 713. The molecule has 0 amide bonds. The van der Waals surface area contributed by atoms with Crippen molar-refractivity contribution in [2.24, 2.45) is 0 Å². The van der Waals surface area contributed by atoms with Gasteiger partial charge in [0.25, 0.3) is 10.0 Å². The number of nitrogens with zero attached hydrogens (tertiary/aromatic N) is 1. The molecule has 2 aromatic carbocycles. The van der Waals surface area contributed by atoms with Crippen LogP contribution < -0.4 is 9.04 Å². The average molecular weight is 289 g/mol. The molecule has 0 saturated carbocycles. The number of ether oxygens (including phenoxy) is 1. The molecule has 0 saturated heterocycles. The quantitative estimate of drug-likeness (QED) is 0.854. The number of fused-ring (bicyclic) bond motifs is 1. The van der Waals surface area contributed by atoms with E-state index < -0.39 is 10.0 Å². The average Bonchev–Trinajstić information content (AvgIpc) is 2.47. The van der Waals surface area contributed by atoms with Crippen LogP contribution in [0.4, 0.5) is 5.69 Å². The lowest BCUT2D eigenvalue weighted by Gasteiger charge is -2.35. The number of benzene rings is 2. The molecule has 0 aliphatic carbocycles. The van der Waals surface area contributed by atoms with Crippen molar-refractivity contribution < 1.29 is 13.2 Å². The van der Waals surface area contributed by atoms with Gasteiger partial charge in [-0.15, -0.1) is 0 Å². The van der Waals surface area contributed by atoms with Gasteiger partial charge in [-0.1, -0.05) is 30.3 Å². The second-order valence-electron chi connectivity index (χ2n) is 4.74. The first-order valence-corrected chi connectivity index (χ1v) is 7.86. The monoisotopic (exact) mass is 289 g/mol. The standard InChI is InChI=1S/C15H15NO3S/c1-12-11-19-15-10-6-5-9-14(15)16(12)20(17,18)13-7-3-2-4-8-13/h2-10,12H,11H2,1H3. The highest BCUT2D eigenvalue weighted by Gasteiger charge is 2.34. The lowest BCUT2D eigenvalue weighted by Crippen LogP contribution is -2.44. The maximum Gasteiger partial charge on any atom is 0.264 e. The molecule has 0 fully saturated rings. The first kappa shape index (κ1) is 13.0. The third-order valence-corrected chi connectivity index (χ3v) is 5.23. The molecule has 1 unspecified atom stereocenters. The largest absolute Gasteiger partial charge is 0.489 e. The van der Waals surface area contributed by atoms with Gasteiger partial charge in [0, 0.05) is 0 Å². The SMILES string of the molecule is CC1COc2ccccc2N1S(=O)(=O)c1ccccc1. The fourth-order valence-electron chi connectivity index (χ4n) is 2.35. The fraction of sp³-hybridized carbons (Fsp3) is 0.200. The van der Waals surface area contributed by atoms with Crippen molar-refractivity contribution in [2.45, 2.75) is 17.9 Å². The van der Waals surface area contributed by atoms with Gasteiger partial charge < -0.3 is 4.74 Å². The minimum Gasteiger partial charge on any atom is -0.489 e.